The van der Waals surface area contributed by atoms with Crippen molar-refractivity contribution >= 4 is 35.3 Å². The van der Waals surface area contributed by atoms with Crippen LogP contribution in [0.25, 0.3) is 10.6 Å². The first-order valence-corrected chi connectivity index (χ1v) is 8.67. The molecule has 1 aliphatic carbocycles. The highest BCUT2D eigenvalue weighted by atomic mass is 35.5. The SMILES string of the molecule is Cl.NCC1CCCC1NC(=O)c1csc(-c2ccc([N+](=O)[O-])cc2)n1. The van der Waals surface area contributed by atoms with Gasteiger partial charge in [0.25, 0.3) is 11.6 Å². The third-order valence-electron chi connectivity index (χ3n) is 4.34. The Balaban J connectivity index is 0.00000225. The fraction of sp³-hybridized carbons (Fsp3) is 0.375. The lowest BCUT2D eigenvalue weighted by Crippen LogP contribution is -2.40. The molecule has 134 valence electrons. The number of aromatic nitrogens is 1. The average Bonchev–Trinajstić information content (AvgIpc) is 3.24. The fourth-order valence-corrected chi connectivity index (χ4v) is 3.79. The van der Waals surface area contributed by atoms with Crippen LogP contribution in [-0.4, -0.2) is 28.4 Å². The summed E-state index contributed by atoms with van der Waals surface area (Å²) >= 11 is 1.34. The highest BCUT2D eigenvalue weighted by Gasteiger charge is 2.28. The van der Waals surface area contributed by atoms with Gasteiger partial charge >= 0.3 is 0 Å². The standard InChI is InChI=1S/C16H18N4O3S.ClH/c17-8-11-2-1-3-13(11)18-15(21)14-9-24-16(19-14)10-4-6-12(7-5-10)20(22)23;/h4-7,9,11,13H,1-3,8,17H2,(H,18,21);1H. The van der Waals surface area contributed by atoms with Gasteiger partial charge in [-0.15, -0.1) is 23.7 Å². The normalized spacial score (nSPS) is 19.2. The van der Waals surface area contributed by atoms with E-state index in [9.17, 15) is 14.9 Å². The summed E-state index contributed by atoms with van der Waals surface area (Å²) in [6, 6.07) is 6.26. The molecule has 1 aliphatic rings. The van der Waals surface area contributed by atoms with Gasteiger partial charge < -0.3 is 11.1 Å². The number of hydrogen-bond acceptors (Lipinski definition) is 6. The zero-order valence-corrected chi connectivity index (χ0v) is 15.0. The average molecular weight is 383 g/mol. The van der Waals surface area contributed by atoms with E-state index in [4.69, 9.17) is 5.73 Å². The number of nitrogens with one attached hydrogen (secondary N) is 1. The van der Waals surface area contributed by atoms with Crippen LogP contribution in [0.15, 0.2) is 29.6 Å². The predicted molar refractivity (Wildman–Crippen MR) is 99.1 cm³/mol. The van der Waals surface area contributed by atoms with Crippen molar-refractivity contribution in [3.63, 3.8) is 0 Å². The number of rotatable bonds is 5. The molecule has 2 unspecified atom stereocenters. The third-order valence-corrected chi connectivity index (χ3v) is 5.23. The van der Waals surface area contributed by atoms with Gasteiger partial charge in [-0.2, -0.15) is 0 Å². The van der Waals surface area contributed by atoms with E-state index in [-0.39, 0.29) is 30.0 Å². The van der Waals surface area contributed by atoms with Gasteiger partial charge in [-0.05, 0) is 37.4 Å². The van der Waals surface area contributed by atoms with Crippen molar-refractivity contribution in [1.82, 2.24) is 10.3 Å². The Morgan fingerprint density at radius 2 is 2.08 bits per heavy atom. The summed E-state index contributed by atoms with van der Waals surface area (Å²) in [4.78, 5) is 27.0. The van der Waals surface area contributed by atoms with E-state index in [0.717, 1.165) is 24.8 Å². The number of carbonyl (C=O) groups excluding carboxylic acids is 1. The molecule has 0 spiro atoms. The second kappa shape index (κ2) is 8.37. The molecule has 0 aliphatic heterocycles. The summed E-state index contributed by atoms with van der Waals surface area (Å²) < 4.78 is 0. The number of nitrogens with zero attached hydrogens (tertiary/aromatic N) is 2. The van der Waals surface area contributed by atoms with Gasteiger partial charge in [0, 0.05) is 29.1 Å². The van der Waals surface area contributed by atoms with Gasteiger partial charge in [0.15, 0.2) is 0 Å². The van der Waals surface area contributed by atoms with Gasteiger partial charge in [0.1, 0.15) is 10.7 Å². The van der Waals surface area contributed by atoms with Crippen molar-refractivity contribution in [3.8, 4) is 10.6 Å². The predicted octanol–water partition coefficient (Wildman–Crippen LogP) is 3.00. The quantitative estimate of drug-likeness (QED) is 0.609. The monoisotopic (exact) mass is 382 g/mol. The molecule has 9 heteroatoms. The first kappa shape index (κ1) is 19.3. The van der Waals surface area contributed by atoms with Gasteiger partial charge in [-0.25, -0.2) is 4.98 Å². The number of amides is 1. The maximum absolute atomic E-state index is 12.4. The van der Waals surface area contributed by atoms with Crippen LogP contribution in [0.4, 0.5) is 5.69 Å². The summed E-state index contributed by atoms with van der Waals surface area (Å²) in [7, 11) is 0. The second-order valence-electron chi connectivity index (χ2n) is 5.85. The molecule has 1 amide bonds. The van der Waals surface area contributed by atoms with Crippen molar-refractivity contribution in [2.75, 3.05) is 6.54 Å². The van der Waals surface area contributed by atoms with Crippen LogP contribution < -0.4 is 11.1 Å². The maximum Gasteiger partial charge on any atom is 0.271 e. The molecule has 0 saturated heterocycles. The summed E-state index contributed by atoms with van der Waals surface area (Å²) in [6.45, 7) is 0.579. The first-order chi connectivity index (χ1) is 11.6. The summed E-state index contributed by atoms with van der Waals surface area (Å²) in [5.74, 6) is 0.145. The molecular weight excluding hydrogens is 364 g/mol. The fourth-order valence-electron chi connectivity index (χ4n) is 2.99. The molecule has 3 N–H and O–H groups in total. The topological polar surface area (TPSA) is 111 Å². The highest BCUT2D eigenvalue weighted by Crippen LogP contribution is 2.27. The zero-order valence-electron chi connectivity index (χ0n) is 13.4. The summed E-state index contributed by atoms with van der Waals surface area (Å²) in [5, 5.41) is 16.1. The van der Waals surface area contributed by atoms with E-state index >= 15 is 0 Å². The number of nitro groups is 1. The molecule has 2 aromatic rings. The Morgan fingerprint density at radius 1 is 1.36 bits per heavy atom. The number of benzene rings is 1. The van der Waals surface area contributed by atoms with E-state index in [1.54, 1.807) is 17.5 Å². The lowest BCUT2D eigenvalue weighted by molar-refractivity contribution is -0.384. The maximum atomic E-state index is 12.4. The Morgan fingerprint density at radius 3 is 2.72 bits per heavy atom. The van der Waals surface area contributed by atoms with Crippen LogP contribution in [0.5, 0.6) is 0 Å². The van der Waals surface area contributed by atoms with Crippen molar-refractivity contribution < 1.29 is 9.72 Å². The minimum atomic E-state index is -0.444. The number of carbonyl (C=O) groups is 1. The molecule has 0 radical (unpaired) electrons. The first-order valence-electron chi connectivity index (χ1n) is 7.79. The second-order valence-corrected chi connectivity index (χ2v) is 6.71. The highest BCUT2D eigenvalue weighted by molar-refractivity contribution is 7.13. The van der Waals surface area contributed by atoms with E-state index in [0.29, 0.717) is 23.2 Å². The molecule has 1 aromatic heterocycles. The van der Waals surface area contributed by atoms with E-state index < -0.39 is 4.92 Å². The van der Waals surface area contributed by atoms with E-state index in [2.05, 4.69) is 10.3 Å². The summed E-state index contributed by atoms with van der Waals surface area (Å²) in [5.41, 5.74) is 6.90. The Hall–Kier alpha value is -2.03. The lowest BCUT2D eigenvalue weighted by atomic mass is 10.0. The molecule has 7 nitrogen and oxygen atoms in total. The van der Waals surface area contributed by atoms with Crippen LogP contribution in [0.3, 0.4) is 0 Å². The Labute approximate surface area is 155 Å². The van der Waals surface area contributed by atoms with Crippen LogP contribution in [0, 0.1) is 16.0 Å². The summed E-state index contributed by atoms with van der Waals surface area (Å²) in [6.07, 6.45) is 3.08. The van der Waals surface area contributed by atoms with Crippen LogP contribution in [-0.2, 0) is 0 Å². The molecule has 1 saturated carbocycles. The van der Waals surface area contributed by atoms with Gasteiger partial charge in [-0.3, -0.25) is 14.9 Å². The zero-order chi connectivity index (χ0) is 17.1. The molecular formula is C16H19ClN4O3S. The molecule has 1 heterocycles. The molecule has 2 atom stereocenters. The van der Waals surface area contributed by atoms with Crippen LogP contribution in [0.1, 0.15) is 29.8 Å². The molecule has 1 fully saturated rings. The van der Waals surface area contributed by atoms with Crippen molar-refractivity contribution in [2.24, 2.45) is 11.7 Å². The van der Waals surface area contributed by atoms with E-state index in [1.807, 2.05) is 0 Å². The van der Waals surface area contributed by atoms with Gasteiger partial charge in [-0.1, -0.05) is 6.42 Å². The molecule has 0 bridgehead atoms. The van der Waals surface area contributed by atoms with Crippen molar-refractivity contribution in [1.29, 1.82) is 0 Å². The number of thiazole rings is 1. The lowest BCUT2D eigenvalue weighted by Gasteiger charge is -2.18. The number of nitro benzene ring substituents is 1. The van der Waals surface area contributed by atoms with Crippen LogP contribution in [0.2, 0.25) is 0 Å². The number of hydrogen-bond donors (Lipinski definition) is 2. The van der Waals surface area contributed by atoms with Crippen molar-refractivity contribution in [2.45, 2.75) is 25.3 Å². The van der Waals surface area contributed by atoms with Gasteiger partial charge in [0.05, 0.1) is 4.92 Å². The smallest absolute Gasteiger partial charge is 0.271 e. The van der Waals surface area contributed by atoms with E-state index in [1.165, 1.54) is 23.5 Å². The molecule has 25 heavy (non-hydrogen) atoms. The largest absolute Gasteiger partial charge is 0.348 e. The van der Waals surface area contributed by atoms with Crippen LogP contribution >= 0.6 is 23.7 Å². The van der Waals surface area contributed by atoms with Gasteiger partial charge in [0.2, 0.25) is 0 Å². The third kappa shape index (κ3) is 4.33. The minimum absolute atomic E-state index is 0. The Kier molecular flexibility index (Phi) is 6.46. The van der Waals surface area contributed by atoms with Crippen molar-refractivity contribution in [3.05, 3.63) is 45.5 Å². The molecule has 3 rings (SSSR count). The number of nitrogens with two attached hydrogens (primary N) is 1. The number of halogens is 1. The molecule has 1 aromatic carbocycles. The number of non-ortho nitro benzene ring substituents is 1. The minimum Gasteiger partial charge on any atom is -0.348 e. The Bertz CT molecular complexity index is 750.